The zero-order valence-corrected chi connectivity index (χ0v) is 12.8. The van der Waals surface area contributed by atoms with Crippen LogP contribution in [0.15, 0.2) is 24.5 Å². The fourth-order valence-corrected chi connectivity index (χ4v) is 2.59. The lowest BCUT2D eigenvalue weighted by molar-refractivity contribution is 0.556. The van der Waals surface area contributed by atoms with E-state index in [-0.39, 0.29) is 0 Å². The van der Waals surface area contributed by atoms with E-state index in [2.05, 4.69) is 41.4 Å². The second kappa shape index (κ2) is 6.66. The predicted octanol–water partition coefficient (Wildman–Crippen LogP) is 2.44. The van der Waals surface area contributed by atoms with E-state index in [1.165, 1.54) is 16.8 Å². The molecular formula is C16H24N4. The van der Waals surface area contributed by atoms with Crippen molar-refractivity contribution in [3.05, 3.63) is 47.0 Å². The highest BCUT2D eigenvalue weighted by Crippen LogP contribution is 2.22. The lowest BCUT2D eigenvalue weighted by Gasteiger charge is -2.19. The zero-order chi connectivity index (χ0) is 14.5. The predicted molar refractivity (Wildman–Crippen MR) is 81.7 cm³/mol. The van der Waals surface area contributed by atoms with Crippen LogP contribution in [0.2, 0.25) is 0 Å². The fourth-order valence-electron chi connectivity index (χ4n) is 2.59. The molecule has 2 aromatic heterocycles. The Bertz CT molecular complexity index is 559. The van der Waals surface area contributed by atoms with Crippen molar-refractivity contribution < 1.29 is 0 Å². The Morgan fingerprint density at radius 3 is 2.70 bits per heavy atom. The molecule has 1 atom stereocenters. The summed E-state index contributed by atoms with van der Waals surface area (Å²) in [5, 5.41) is 7.96. The number of rotatable bonds is 6. The van der Waals surface area contributed by atoms with Gasteiger partial charge in [0.25, 0.3) is 0 Å². The van der Waals surface area contributed by atoms with Gasteiger partial charge in [0.15, 0.2) is 0 Å². The van der Waals surface area contributed by atoms with E-state index in [1.807, 2.05) is 31.2 Å². The summed E-state index contributed by atoms with van der Waals surface area (Å²) < 4.78 is 2.00. The molecule has 0 saturated heterocycles. The summed E-state index contributed by atoms with van der Waals surface area (Å²) in [5.41, 5.74) is 5.07. The highest BCUT2D eigenvalue weighted by atomic mass is 15.3. The van der Waals surface area contributed by atoms with Gasteiger partial charge in [0.1, 0.15) is 0 Å². The minimum absolute atomic E-state index is 0.299. The van der Waals surface area contributed by atoms with Gasteiger partial charge in [0.2, 0.25) is 0 Å². The quantitative estimate of drug-likeness (QED) is 0.878. The molecule has 2 heterocycles. The van der Waals surface area contributed by atoms with Crippen LogP contribution in [0, 0.1) is 0 Å². The van der Waals surface area contributed by atoms with Crippen LogP contribution < -0.4 is 5.32 Å². The molecule has 20 heavy (non-hydrogen) atoms. The van der Waals surface area contributed by atoms with Crippen molar-refractivity contribution in [2.75, 3.05) is 7.05 Å². The average Bonchev–Trinajstić information content (AvgIpc) is 2.85. The summed E-state index contributed by atoms with van der Waals surface area (Å²) in [6.07, 6.45) is 6.78. The standard InChI is InChI=1S/C16H24N4/c1-5-12-11-18-8-7-15(12)16(17-3)10-14-9-13(6-2)19-20(14)4/h7-9,11,16-17H,5-6,10H2,1-4H3. The van der Waals surface area contributed by atoms with Gasteiger partial charge in [-0.15, -0.1) is 0 Å². The number of likely N-dealkylation sites (N-methyl/N-ethyl adjacent to an activating group) is 1. The molecule has 0 aliphatic heterocycles. The molecule has 0 bridgehead atoms. The van der Waals surface area contributed by atoms with Gasteiger partial charge in [-0.3, -0.25) is 9.67 Å². The Hall–Kier alpha value is -1.68. The highest BCUT2D eigenvalue weighted by Gasteiger charge is 2.16. The summed E-state index contributed by atoms with van der Waals surface area (Å²) in [7, 11) is 4.04. The van der Waals surface area contributed by atoms with Gasteiger partial charge >= 0.3 is 0 Å². The largest absolute Gasteiger partial charge is 0.313 e. The van der Waals surface area contributed by atoms with Crippen LogP contribution >= 0.6 is 0 Å². The summed E-state index contributed by atoms with van der Waals surface area (Å²) in [6.45, 7) is 4.31. The molecule has 0 aliphatic rings. The Balaban J connectivity index is 2.26. The SMILES string of the molecule is CCc1cc(CC(NC)c2ccncc2CC)n(C)n1. The minimum atomic E-state index is 0.299. The summed E-state index contributed by atoms with van der Waals surface area (Å²) in [4.78, 5) is 4.23. The molecule has 0 fully saturated rings. The van der Waals surface area contributed by atoms with Crippen LogP contribution in [0.3, 0.4) is 0 Å². The van der Waals surface area contributed by atoms with Gasteiger partial charge in [0.05, 0.1) is 5.69 Å². The maximum atomic E-state index is 4.53. The van der Waals surface area contributed by atoms with Crippen LogP contribution in [0.25, 0.3) is 0 Å². The molecule has 0 amide bonds. The third-order valence-electron chi connectivity index (χ3n) is 3.85. The number of nitrogens with zero attached hydrogens (tertiary/aromatic N) is 3. The van der Waals surface area contributed by atoms with E-state index in [0.717, 1.165) is 25.0 Å². The van der Waals surface area contributed by atoms with E-state index < -0.39 is 0 Å². The Kier molecular flexibility index (Phi) is 4.90. The van der Waals surface area contributed by atoms with Gasteiger partial charge in [-0.2, -0.15) is 5.10 Å². The molecule has 108 valence electrons. The second-order valence-electron chi connectivity index (χ2n) is 5.08. The van der Waals surface area contributed by atoms with Crippen molar-refractivity contribution in [3.8, 4) is 0 Å². The Morgan fingerprint density at radius 1 is 1.30 bits per heavy atom. The van der Waals surface area contributed by atoms with E-state index in [0.29, 0.717) is 6.04 Å². The van der Waals surface area contributed by atoms with Gasteiger partial charge in [-0.1, -0.05) is 13.8 Å². The first-order chi connectivity index (χ1) is 9.69. The number of nitrogens with one attached hydrogen (secondary N) is 1. The number of aryl methyl sites for hydroxylation is 3. The summed E-state index contributed by atoms with van der Waals surface area (Å²) >= 11 is 0. The third-order valence-corrected chi connectivity index (χ3v) is 3.85. The van der Waals surface area contributed by atoms with Gasteiger partial charge in [0, 0.05) is 37.6 Å². The lowest BCUT2D eigenvalue weighted by atomic mass is 9.97. The summed E-state index contributed by atoms with van der Waals surface area (Å²) in [6, 6.07) is 4.63. The molecule has 2 rings (SSSR count). The average molecular weight is 272 g/mol. The van der Waals surface area contributed by atoms with E-state index >= 15 is 0 Å². The van der Waals surface area contributed by atoms with Crippen molar-refractivity contribution in [2.45, 2.75) is 39.2 Å². The van der Waals surface area contributed by atoms with E-state index in [9.17, 15) is 0 Å². The molecule has 0 radical (unpaired) electrons. The molecule has 4 heteroatoms. The second-order valence-corrected chi connectivity index (χ2v) is 5.08. The van der Waals surface area contributed by atoms with Crippen molar-refractivity contribution in [1.82, 2.24) is 20.1 Å². The number of hydrogen-bond donors (Lipinski definition) is 1. The van der Waals surface area contributed by atoms with Crippen LogP contribution in [-0.2, 0) is 26.3 Å². The smallest absolute Gasteiger partial charge is 0.0624 e. The van der Waals surface area contributed by atoms with Crippen molar-refractivity contribution >= 4 is 0 Å². The van der Waals surface area contributed by atoms with Crippen LogP contribution in [0.1, 0.15) is 42.4 Å². The van der Waals surface area contributed by atoms with Crippen LogP contribution in [0.5, 0.6) is 0 Å². The number of pyridine rings is 1. The molecule has 0 aliphatic carbocycles. The Labute approximate surface area is 121 Å². The van der Waals surface area contributed by atoms with Crippen molar-refractivity contribution in [2.24, 2.45) is 7.05 Å². The molecule has 4 nitrogen and oxygen atoms in total. The van der Waals surface area contributed by atoms with Gasteiger partial charge in [-0.05, 0) is 43.1 Å². The normalized spacial score (nSPS) is 12.6. The minimum Gasteiger partial charge on any atom is -0.313 e. The lowest BCUT2D eigenvalue weighted by Crippen LogP contribution is -2.21. The zero-order valence-electron chi connectivity index (χ0n) is 12.8. The van der Waals surface area contributed by atoms with Crippen molar-refractivity contribution in [3.63, 3.8) is 0 Å². The number of aromatic nitrogens is 3. The molecule has 2 aromatic rings. The fraction of sp³-hybridized carbons (Fsp3) is 0.500. The summed E-state index contributed by atoms with van der Waals surface area (Å²) in [5.74, 6) is 0. The number of hydrogen-bond acceptors (Lipinski definition) is 3. The van der Waals surface area contributed by atoms with Crippen LogP contribution in [-0.4, -0.2) is 21.8 Å². The molecular weight excluding hydrogens is 248 g/mol. The molecule has 0 aromatic carbocycles. The first kappa shape index (κ1) is 14.7. The molecule has 0 spiro atoms. The van der Waals surface area contributed by atoms with Gasteiger partial charge in [-0.25, -0.2) is 0 Å². The van der Waals surface area contributed by atoms with Crippen LogP contribution in [0.4, 0.5) is 0 Å². The first-order valence-electron chi connectivity index (χ1n) is 7.31. The highest BCUT2D eigenvalue weighted by molar-refractivity contribution is 5.28. The topological polar surface area (TPSA) is 42.7 Å². The van der Waals surface area contributed by atoms with E-state index in [4.69, 9.17) is 0 Å². The Morgan fingerprint density at radius 2 is 2.10 bits per heavy atom. The molecule has 1 N–H and O–H groups in total. The molecule has 0 saturated carbocycles. The van der Waals surface area contributed by atoms with Crippen molar-refractivity contribution in [1.29, 1.82) is 0 Å². The third kappa shape index (κ3) is 3.07. The maximum Gasteiger partial charge on any atom is 0.0624 e. The first-order valence-corrected chi connectivity index (χ1v) is 7.31. The maximum absolute atomic E-state index is 4.53. The molecule has 1 unspecified atom stereocenters. The van der Waals surface area contributed by atoms with E-state index in [1.54, 1.807) is 0 Å². The monoisotopic (exact) mass is 272 g/mol. The van der Waals surface area contributed by atoms with Gasteiger partial charge < -0.3 is 5.32 Å².